The molecule has 4 aromatic rings. The lowest BCUT2D eigenvalue weighted by Crippen LogP contribution is -2.06. The highest BCUT2D eigenvalue weighted by atomic mass is 32.2. The molecule has 1 atom stereocenters. The molecule has 1 unspecified atom stereocenters. The van der Waals surface area contributed by atoms with E-state index in [1.807, 2.05) is 48.5 Å². The van der Waals surface area contributed by atoms with Gasteiger partial charge in [0.05, 0.1) is 22.3 Å². The second kappa shape index (κ2) is 9.19. The summed E-state index contributed by atoms with van der Waals surface area (Å²) in [5.41, 5.74) is 0.960. The molecule has 152 valence electrons. The molecule has 7 heteroatoms. The van der Waals surface area contributed by atoms with Crippen LogP contribution in [-0.4, -0.2) is 21.8 Å². The van der Waals surface area contributed by atoms with Gasteiger partial charge >= 0.3 is 5.97 Å². The van der Waals surface area contributed by atoms with Gasteiger partial charge in [-0.15, -0.1) is 11.3 Å². The average Bonchev–Trinajstić information content (AvgIpc) is 3.17. The van der Waals surface area contributed by atoms with Crippen LogP contribution in [0.2, 0.25) is 0 Å². The molecule has 0 N–H and O–H groups in total. The Morgan fingerprint density at radius 2 is 1.93 bits per heavy atom. The van der Waals surface area contributed by atoms with E-state index in [4.69, 9.17) is 9.47 Å². The van der Waals surface area contributed by atoms with Crippen LogP contribution in [0.25, 0.3) is 10.1 Å². The van der Waals surface area contributed by atoms with Gasteiger partial charge in [-0.2, -0.15) is 0 Å². The van der Waals surface area contributed by atoms with Crippen LogP contribution < -0.4 is 4.74 Å². The summed E-state index contributed by atoms with van der Waals surface area (Å²) in [6.07, 6.45) is 3.47. The number of fused-ring (bicyclic) bond motifs is 1. The first kappa shape index (κ1) is 20.3. The van der Waals surface area contributed by atoms with Gasteiger partial charge in [-0.25, -0.2) is 9.00 Å². The second-order valence-electron chi connectivity index (χ2n) is 6.37. The molecule has 0 radical (unpaired) electrons. The van der Waals surface area contributed by atoms with Crippen molar-refractivity contribution in [2.45, 2.75) is 23.3 Å². The predicted molar refractivity (Wildman–Crippen MR) is 117 cm³/mol. The van der Waals surface area contributed by atoms with Crippen molar-refractivity contribution in [1.29, 1.82) is 0 Å². The number of carbonyl (C=O) groups is 1. The molecule has 0 aliphatic rings. The van der Waals surface area contributed by atoms with Crippen molar-refractivity contribution < 1.29 is 18.5 Å². The number of hydrogen-bond acceptors (Lipinski definition) is 6. The number of benzene rings is 2. The molecule has 0 bridgehead atoms. The Morgan fingerprint density at radius 3 is 2.67 bits per heavy atom. The van der Waals surface area contributed by atoms with Gasteiger partial charge in [0.25, 0.3) is 0 Å². The fourth-order valence-electron chi connectivity index (χ4n) is 2.97. The number of rotatable bonds is 7. The summed E-state index contributed by atoms with van der Waals surface area (Å²) in [6.45, 7) is 2.39. The monoisotopic (exact) mass is 437 g/mol. The number of carbonyl (C=O) groups excluding carboxylic acids is 1. The zero-order chi connectivity index (χ0) is 20.9. The number of pyridine rings is 1. The van der Waals surface area contributed by atoms with Crippen molar-refractivity contribution in [3.05, 3.63) is 83.5 Å². The van der Waals surface area contributed by atoms with Gasteiger partial charge in [0, 0.05) is 32.9 Å². The predicted octanol–water partition coefficient (Wildman–Crippen LogP) is 5.22. The fourth-order valence-corrected chi connectivity index (χ4v) is 5.68. The first-order valence-corrected chi connectivity index (χ1v) is 11.4. The summed E-state index contributed by atoms with van der Waals surface area (Å²) in [5, 5.41) is 0.763. The molecule has 2 heterocycles. The van der Waals surface area contributed by atoms with Crippen molar-refractivity contribution in [3.63, 3.8) is 0 Å². The Balaban J connectivity index is 1.72. The van der Waals surface area contributed by atoms with Crippen molar-refractivity contribution in [2.24, 2.45) is 0 Å². The van der Waals surface area contributed by atoms with E-state index in [2.05, 4.69) is 4.98 Å². The van der Waals surface area contributed by atoms with Crippen LogP contribution in [-0.2, 0) is 22.1 Å². The van der Waals surface area contributed by atoms with Crippen LogP contribution >= 0.6 is 11.3 Å². The SMILES string of the molecule is CCOC(=O)c1sc2cc(OCc3cccnc3)ccc2c1S(=O)c1ccccc1. The number of aromatic nitrogens is 1. The number of nitrogens with zero attached hydrogens (tertiary/aromatic N) is 1. The summed E-state index contributed by atoms with van der Waals surface area (Å²) < 4.78 is 25.2. The average molecular weight is 438 g/mol. The summed E-state index contributed by atoms with van der Waals surface area (Å²) in [6, 6.07) is 18.4. The molecule has 2 aromatic carbocycles. The third kappa shape index (κ3) is 4.27. The Kier molecular flexibility index (Phi) is 6.21. The number of ether oxygens (including phenoxy) is 2. The molecule has 4 rings (SSSR count). The van der Waals surface area contributed by atoms with E-state index in [1.54, 1.807) is 31.5 Å². The largest absolute Gasteiger partial charge is 0.489 e. The van der Waals surface area contributed by atoms with Crippen LogP contribution in [0, 0.1) is 0 Å². The van der Waals surface area contributed by atoms with Crippen LogP contribution in [0.15, 0.2) is 82.8 Å². The normalized spacial score (nSPS) is 11.9. The topological polar surface area (TPSA) is 65.5 Å². The van der Waals surface area contributed by atoms with Crippen LogP contribution in [0.1, 0.15) is 22.2 Å². The Bertz CT molecular complexity index is 1190. The Labute approximate surface area is 180 Å². The molecule has 2 aromatic heterocycles. The molecule has 0 fully saturated rings. The highest BCUT2D eigenvalue weighted by Crippen LogP contribution is 2.38. The molecule has 0 saturated heterocycles. The van der Waals surface area contributed by atoms with Crippen molar-refractivity contribution in [1.82, 2.24) is 4.98 Å². The Morgan fingerprint density at radius 1 is 1.10 bits per heavy atom. The smallest absolute Gasteiger partial charge is 0.349 e. The summed E-state index contributed by atoms with van der Waals surface area (Å²) in [5.74, 6) is 0.205. The maximum Gasteiger partial charge on any atom is 0.349 e. The quantitative estimate of drug-likeness (QED) is 0.371. The zero-order valence-electron chi connectivity index (χ0n) is 16.2. The van der Waals surface area contributed by atoms with E-state index in [0.29, 0.717) is 27.0 Å². The van der Waals surface area contributed by atoms with Gasteiger partial charge in [0.1, 0.15) is 17.2 Å². The summed E-state index contributed by atoms with van der Waals surface area (Å²) >= 11 is 1.27. The minimum absolute atomic E-state index is 0.254. The van der Waals surface area contributed by atoms with Crippen molar-refractivity contribution in [2.75, 3.05) is 6.61 Å². The van der Waals surface area contributed by atoms with E-state index >= 15 is 0 Å². The van der Waals surface area contributed by atoms with Crippen molar-refractivity contribution >= 4 is 38.2 Å². The molecule has 30 heavy (non-hydrogen) atoms. The standard InChI is InChI=1S/C23H19NO4S2/c1-2-27-23(25)21-22(30(26)18-8-4-3-5-9-18)19-11-10-17(13-20(19)29-21)28-15-16-7-6-12-24-14-16/h3-14H,2,15H2,1H3. The molecule has 5 nitrogen and oxygen atoms in total. The summed E-state index contributed by atoms with van der Waals surface area (Å²) in [7, 11) is -1.51. The van der Waals surface area contributed by atoms with Crippen LogP contribution in [0.4, 0.5) is 0 Å². The fraction of sp³-hybridized carbons (Fsp3) is 0.130. The van der Waals surface area contributed by atoms with Gasteiger partial charge in [-0.1, -0.05) is 24.3 Å². The highest BCUT2D eigenvalue weighted by molar-refractivity contribution is 7.85. The van der Waals surface area contributed by atoms with Gasteiger partial charge in [-0.3, -0.25) is 4.98 Å². The van der Waals surface area contributed by atoms with E-state index in [9.17, 15) is 9.00 Å². The third-order valence-corrected chi connectivity index (χ3v) is 7.10. The van der Waals surface area contributed by atoms with Gasteiger partial charge in [-0.05, 0) is 43.3 Å². The lowest BCUT2D eigenvalue weighted by atomic mass is 10.2. The van der Waals surface area contributed by atoms with E-state index in [0.717, 1.165) is 15.6 Å². The lowest BCUT2D eigenvalue weighted by Gasteiger charge is -2.07. The molecular formula is C23H19NO4S2. The Hall–Kier alpha value is -3.03. The maximum absolute atomic E-state index is 13.3. The minimum Gasteiger partial charge on any atom is -0.489 e. The number of hydrogen-bond donors (Lipinski definition) is 0. The molecule has 0 aliphatic carbocycles. The van der Waals surface area contributed by atoms with Gasteiger partial charge in [0.15, 0.2) is 0 Å². The number of esters is 1. The van der Waals surface area contributed by atoms with Crippen LogP contribution in [0.5, 0.6) is 5.75 Å². The third-order valence-electron chi connectivity index (χ3n) is 4.35. The molecule has 0 spiro atoms. The highest BCUT2D eigenvalue weighted by Gasteiger charge is 2.25. The first-order valence-electron chi connectivity index (χ1n) is 9.39. The van der Waals surface area contributed by atoms with E-state index in [1.165, 1.54) is 11.3 Å². The minimum atomic E-state index is -1.51. The van der Waals surface area contributed by atoms with E-state index in [-0.39, 0.29) is 6.61 Å². The van der Waals surface area contributed by atoms with Crippen molar-refractivity contribution in [3.8, 4) is 5.75 Å². The first-order chi connectivity index (χ1) is 14.7. The molecular weight excluding hydrogens is 418 g/mol. The number of thiophene rings is 1. The lowest BCUT2D eigenvalue weighted by molar-refractivity contribution is 0.0528. The zero-order valence-corrected chi connectivity index (χ0v) is 17.9. The van der Waals surface area contributed by atoms with Gasteiger partial charge in [0.2, 0.25) is 0 Å². The maximum atomic E-state index is 13.3. The van der Waals surface area contributed by atoms with Crippen LogP contribution in [0.3, 0.4) is 0 Å². The van der Waals surface area contributed by atoms with E-state index < -0.39 is 16.8 Å². The summed E-state index contributed by atoms with van der Waals surface area (Å²) in [4.78, 5) is 18.1. The molecule has 0 amide bonds. The second-order valence-corrected chi connectivity index (χ2v) is 8.84. The van der Waals surface area contributed by atoms with Gasteiger partial charge < -0.3 is 9.47 Å². The molecule has 0 saturated carbocycles. The molecule has 0 aliphatic heterocycles.